The quantitative estimate of drug-likeness (QED) is 0.228. The van der Waals surface area contributed by atoms with Gasteiger partial charge >= 0.3 is 11.9 Å². The highest BCUT2D eigenvalue weighted by atomic mass is 16.5. The average molecular weight is 473 g/mol. The van der Waals surface area contributed by atoms with Gasteiger partial charge in [0.2, 0.25) is 0 Å². The number of carboxylic acid groups (broad SMARTS) is 1. The van der Waals surface area contributed by atoms with Crippen LogP contribution in [-0.2, 0) is 19.8 Å². The van der Waals surface area contributed by atoms with Gasteiger partial charge in [-0.05, 0) is 47.3 Å². The standard InChI is InChI=1S/C28H40O6/c1-6-7-8-9-12-27(2,3)17-13-22(30)26(23(14-17)34-25(33)11-10-24(31)32)18-15-21(29)20-16-19(18)28(20,4)5/h13-14,18-20,30H,6-12,15-16H2,1-5H3,(H,31,32)/t18-,19-,20+/m0/s1. The van der Waals surface area contributed by atoms with Crippen LogP contribution in [0.5, 0.6) is 11.5 Å². The normalized spacial score (nSPS) is 23.3. The number of ketones is 1. The van der Waals surface area contributed by atoms with Gasteiger partial charge in [0.25, 0.3) is 0 Å². The zero-order chi connectivity index (χ0) is 25.3. The molecule has 2 N–H and O–H groups in total. The highest BCUT2D eigenvalue weighted by Crippen LogP contribution is 2.64. The second kappa shape index (κ2) is 10.1. The topological polar surface area (TPSA) is 101 Å². The number of hydrogen-bond acceptors (Lipinski definition) is 5. The largest absolute Gasteiger partial charge is 0.508 e. The molecule has 1 aromatic rings. The number of rotatable bonds is 11. The molecule has 0 aromatic heterocycles. The number of carbonyl (C=O) groups is 3. The molecule has 3 saturated carbocycles. The lowest BCUT2D eigenvalue weighted by atomic mass is 9.44. The summed E-state index contributed by atoms with van der Waals surface area (Å²) in [6.07, 6.45) is 6.01. The molecule has 3 fully saturated rings. The molecule has 34 heavy (non-hydrogen) atoms. The first-order chi connectivity index (χ1) is 15.9. The monoisotopic (exact) mass is 472 g/mol. The van der Waals surface area contributed by atoms with Gasteiger partial charge in [-0.2, -0.15) is 0 Å². The van der Waals surface area contributed by atoms with Crippen LogP contribution < -0.4 is 4.74 Å². The van der Waals surface area contributed by atoms with Crippen molar-refractivity contribution in [2.45, 2.75) is 104 Å². The van der Waals surface area contributed by atoms with Crippen LogP contribution in [0.15, 0.2) is 12.1 Å². The van der Waals surface area contributed by atoms with E-state index in [1.54, 1.807) is 6.07 Å². The summed E-state index contributed by atoms with van der Waals surface area (Å²) in [4.78, 5) is 36.2. The Morgan fingerprint density at radius 2 is 1.85 bits per heavy atom. The first-order valence-corrected chi connectivity index (χ1v) is 12.7. The van der Waals surface area contributed by atoms with E-state index in [2.05, 4.69) is 34.6 Å². The number of phenolic OH excluding ortho intramolecular Hbond substituents is 1. The Labute approximate surface area is 203 Å². The van der Waals surface area contributed by atoms with Crippen LogP contribution in [0.25, 0.3) is 0 Å². The maximum Gasteiger partial charge on any atom is 0.311 e. The number of carbonyl (C=O) groups excluding carboxylic acids is 2. The number of phenols is 1. The molecular weight excluding hydrogens is 432 g/mol. The Hall–Kier alpha value is -2.37. The smallest absolute Gasteiger partial charge is 0.311 e. The Kier molecular flexibility index (Phi) is 7.79. The van der Waals surface area contributed by atoms with Gasteiger partial charge in [0, 0.05) is 23.8 Å². The molecule has 3 aliphatic rings. The van der Waals surface area contributed by atoms with Crippen molar-refractivity contribution in [3.8, 4) is 11.5 Å². The zero-order valence-corrected chi connectivity index (χ0v) is 21.3. The van der Waals surface area contributed by atoms with E-state index in [9.17, 15) is 19.5 Å². The van der Waals surface area contributed by atoms with Gasteiger partial charge in [0.1, 0.15) is 17.3 Å². The lowest BCUT2D eigenvalue weighted by molar-refractivity contribution is -0.151. The van der Waals surface area contributed by atoms with Crippen LogP contribution in [0.3, 0.4) is 0 Å². The lowest BCUT2D eigenvalue weighted by Gasteiger charge is -2.59. The minimum Gasteiger partial charge on any atom is -0.508 e. The third-order valence-electron chi connectivity index (χ3n) is 8.33. The molecular formula is C28H40O6. The van der Waals surface area contributed by atoms with E-state index in [4.69, 9.17) is 9.84 Å². The van der Waals surface area contributed by atoms with Crippen LogP contribution >= 0.6 is 0 Å². The van der Waals surface area contributed by atoms with Gasteiger partial charge in [-0.25, -0.2) is 0 Å². The van der Waals surface area contributed by atoms with Gasteiger partial charge in [-0.1, -0.05) is 60.3 Å². The van der Waals surface area contributed by atoms with E-state index in [-0.39, 0.29) is 58.7 Å². The van der Waals surface area contributed by atoms with Crippen LogP contribution in [0.4, 0.5) is 0 Å². The van der Waals surface area contributed by atoms with Gasteiger partial charge in [-0.15, -0.1) is 0 Å². The summed E-state index contributed by atoms with van der Waals surface area (Å²) >= 11 is 0. The zero-order valence-electron chi connectivity index (χ0n) is 21.3. The Bertz CT molecular complexity index is 944. The lowest BCUT2D eigenvalue weighted by Crippen LogP contribution is -2.56. The van der Waals surface area contributed by atoms with Crippen molar-refractivity contribution in [3.05, 3.63) is 23.3 Å². The highest BCUT2D eigenvalue weighted by Gasteiger charge is 2.59. The molecule has 0 spiro atoms. The van der Waals surface area contributed by atoms with Gasteiger partial charge in [0.15, 0.2) is 0 Å². The minimum atomic E-state index is -1.07. The van der Waals surface area contributed by atoms with E-state index in [1.807, 2.05) is 6.07 Å². The van der Waals surface area contributed by atoms with E-state index < -0.39 is 11.9 Å². The number of aromatic hydroxyl groups is 1. The maximum atomic E-state index is 12.8. The summed E-state index contributed by atoms with van der Waals surface area (Å²) in [5.41, 5.74) is 0.988. The third-order valence-corrected chi connectivity index (χ3v) is 8.33. The Morgan fingerprint density at radius 3 is 2.44 bits per heavy atom. The molecule has 6 heteroatoms. The molecule has 3 aliphatic carbocycles. The summed E-state index contributed by atoms with van der Waals surface area (Å²) in [5, 5.41) is 20.2. The van der Waals surface area contributed by atoms with Crippen LogP contribution in [0, 0.1) is 17.3 Å². The molecule has 0 aliphatic heterocycles. The predicted molar refractivity (Wildman–Crippen MR) is 130 cm³/mol. The fraction of sp³-hybridized carbons (Fsp3) is 0.679. The number of benzene rings is 1. The Morgan fingerprint density at radius 1 is 1.15 bits per heavy atom. The van der Waals surface area contributed by atoms with Crippen LogP contribution in [0.2, 0.25) is 0 Å². The maximum absolute atomic E-state index is 12.8. The number of fused-ring (bicyclic) bond motifs is 2. The van der Waals surface area contributed by atoms with Gasteiger partial charge in [0.05, 0.1) is 12.8 Å². The van der Waals surface area contributed by atoms with Crippen molar-refractivity contribution >= 4 is 17.7 Å². The predicted octanol–water partition coefficient (Wildman–Crippen LogP) is 6.13. The first kappa shape index (κ1) is 26.2. The van der Waals surface area contributed by atoms with Crippen molar-refractivity contribution in [2.24, 2.45) is 17.3 Å². The van der Waals surface area contributed by atoms with Crippen molar-refractivity contribution in [2.75, 3.05) is 0 Å². The van der Waals surface area contributed by atoms with E-state index in [0.717, 1.165) is 37.7 Å². The number of ether oxygens (including phenoxy) is 1. The molecule has 0 heterocycles. The van der Waals surface area contributed by atoms with Crippen molar-refractivity contribution < 1.29 is 29.3 Å². The second-order valence-electron chi connectivity index (χ2n) is 11.5. The van der Waals surface area contributed by atoms with Gasteiger partial charge < -0.3 is 14.9 Å². The van der Waals surface area contributed by atoms with Crippen molar-refractivity contribution in [3.63, 3.8) is 0 Å². The second-order valence-corrected chi connectivity index (χ2v) is 11.5. The molecule has 0 amide bonds. The summed E-state index contributed by atoms with van der Waals surface area (Å²) in [6.45, 7) is 10.6. The molecule has 1 aromatic carbocycles. The number of hydrogen-bond donors (Lipinski definition) is 2. The number of carboxylic acids is 1. The van der Waals surface area contributed by atoms with Gasteiger partial charge in [-0.3, -0.25) is 14.4 Å². The van der Waals surface area contributed by atoms with Crippen molar-refractivity contribution in [1.82, 2.24) is 0 Å². The molecule has 0 unspecified atom stereocenters. The van der Waals surface area contributed by atoms with Crippen LogP contribution in [-0.4, -0.2) is 27.9 Å². The number of unbranched alkanes of at least 4 members (excludes halogenated alkanes) is 3. The first-order valence-electron chi connectivity index (χ1n) is 12.7. The molecule has 6 nitrogen and oxygen atoms in total. The molecule has 2 bridgehead atoms. The molecule has 4 rings (SSSR count). The number of Topliss-reactive ketones (excluding diaryl/α,β-unsaturated/α-hetero) is 1. The van der Waals surface area contributed by atoms with E-state index >= 15 is 0 Å². The summed E-state index contributed by atoms with van der Waals surface area (Å²) in [5.74, 6) is -1.15. The summed E-state index contributed by atoms with van der Waals surface area (Å²) < 4.78 is 5.70. The molecule has 0 radical (unpaired) electrons. The molecule has 0 saturated heterocycles. The summed E-state index contributed by atoms with van der Waals surface area (Å²) in [7, 11) is 0. The molecule has 188 valence electrons. The molecule has 3 atom stereocenters. The third kappa shape index (κ3) is 5.31. The average Bonchev–Trinajstić information content (AvgIpc) is 2.74. The van der Waals surface area contributed by atoms with Crippen molar-refractivity contribution in [1.29, 1.82) is 0 Å². The Balaban J connectivity index is 1.96. The highest BCUT2D eigenvalue weighted by molar-refractivity contribution is 5.86. The summed E-state index contributed by atoms with van der Waals surface area (Å²) in [6, 6.07) is 3.60. The fourth-order valence-corrected chi connectivity index (χ4v) is 5.97. The SMILES string of the molecule is CCCCCCC(C)(C)c1cc(O)c([C@H]2CC(=O)[C@H]3C[C@@H]2C3(C)C)c(OC(=O)CCC(=O)O)c1. The minimum absolute atomic E-state index is 0.0544. The van der Waals surface area contributed by atoms with Crippen LogP contribution in [0.1, 0.15) is 109 Å². The fourth-order valence-electron chi connectivity index (χ4n) is 5.97. The number of aliphatic carboxylic acids is 1. The number of esters is 1. The van der Waals surface area contributed by atoms with E-state index in [1.165, 1.54) is 6.42 Å². The van der Waals surface area contributed by atoms with E-state index in [0.29, 0.717) is 12.0 Å².